The number of benzene rings is 1. The molecule has 2 nitrogen and oxygen atoms in total. The summed E-state index contributed by atoms with van der Waals surface area (Å²) in [5.74, 6) is 0. The standard InChI is InChI=1S/C10H11FO2S/c1-8-3-4-10(9(2)7-8)5-6-14(11,12)13/h3-7H,1-2H3/b6-5+. The SMILES string of the molecule is Cc1ccc(/C=C/S(=O)(=O)F)c(C)c1. The molecule has 14 heavy (non-hydrogen) atoms. The Morgan fingerprint density at radius 2 is 1.93 bits per heavy atom. The first-order valence-electron chi connectivity index (χ1n) is 4.08. The summed E-state index contributed by atoms with van der Waals surface area (Å²) < 4.78 is 32.6. The van der Waals surface area contributed by atoms with Gasteiger partial charge in [-0.25, -0.2) is 0 Å². The Hall–Kier alpha value is -1.16. The molecule has 1 rings (SSSR count). The smallest absolute Gasteiger partial charge is 0.190 e. The second-order valence-electron chi connectivity index (χ2n) is 3.14. The van der Waals surface area contributed by atoms with Crippen LogP contribution >= 0.6 is 0 Å². The predicted molar refractivity (Wildman–Crippen MR) is 55.0 cm³/mol. The van der Waals surface area contributed by atoms with Gasteiger partial charge in [0.1, 0.15) is 0 Å². The van der Waals surface area contributed by atoms with Gasteiger partial charge in [0, 0.05) is 0 Å². The van der Waals surface area contributed by atoms with Crippen LogP contribution in [-0.4, -0.2) is 8.42 Å². The number of rotatable bonds is 2. The Labute approximate surface area is 83.3 Å². The van der Waals surface area contributed by atoms with Gasteiger partial charge in [-0.15, -0.1) is 3.89 Å². The minimum atomic E-state index is -4.53. The van der Waals surface area contributed by atoms with Crippen molar-refractivity contribution in [3.05, 3.63) is 40.3 Å². The van der Waals surface area contributed by atoms with Crippen molar-refractivity contribution >= 4 is 16.3 Å². The van der Waals surface area contributed by atoms with E-state index in [2.05, 4.69) is 0 Å². The predicted octanol–water partition coefficient (Wildman–Crippen LogP) is 2.57. The van der Waals surface area contributed by atoms with Crippen molar-refractivity contribution < 1.29 is 12.3 Å². The van der Waals surface area contributed by atoms with Crippen molar-refractivity contribution in [1.82, 2.24) is 0 Å². The van der Waals surface area contributed by atoms with Gasteiger partial charge >= 0.3 is 10.2 Å². The lowest BCUT2D eigenvalue weighted by molar-refractivity contribution is 0.563. The minimum Gasteiger partial charge on any atom is -0.190 e. The van der Waals surface area contributed by atoms with Crippen molar-refractivity contribution in [1.29, 1.82) is 0 Å². The van der Waals surface area contributed by atoms with Crippen LogP contribution in [0.25, 0.3) is 6.08 Å². The molecule has 0 saturated heterocycles. The molecule has 0 aromatic heterocycles. The second kappa shape index (κ2) is 3.92. The molecule has 0 unspecified atom stereocenters. The van der Waals surface area contributed by atoms with Crippen LogP contribution in [0.1, 0.15) is 16.7 Å². The largest absolute Gasteiger partial charge is 0.325 e. The van der Waals surface area contributed by atoms with E-state index in [-0.39, 0.29) is 0 Å². The molecule has 0 aliphatic heterocycles. The first-order chi connectivity index (χ1) is 6.38. The van der Waals surface area contributed by atoms with Crippen LogP contribution in [0, 0.1) is 13.8 Å². The lowest BCUT2D eigenvalue weighted by atomic mass is 10.1. The van der Waals surface area contributed by atoms with Gasteiger partial charge in [-0.2, -0.15) is 8.42 Å². The quantitative estimate of drug-likeness (QED) is 0.709. The molecule has 0 saturated carbocycles. The summed E-state index contributed by atoms with van der Waals surface area (Å²) in [7, 11) is -4.53. The van der Waals surface area contributed by atoms with E-state index >= 15 is 0 Å². The Morgan fingerprint density at radius 1 is 1.29 bits per heavy atom. The van der Waals surface area contributed by atoms with Crippen molar-refractivity contribution in [3.63, 3.8) is 0 Å². The summed E-state index contributed by atoms with van der Waals surface area (Å²) in [5.41, 5.74) is 2.71. The van der Waals surface area contributed by atoms with E-state index in [0.717, 1.165) is 11.1 Å². The van der Waals surface area contributed by atoms with Crippen molar-refractivity contribution in [2.24, 2.45) is 0 Å². The highest BCUT2D eigenvalue weighted by Crippen LogP contribution is 2.13. The van der Waals surface area contributed by atoms with Crippen molar-refractivity contribution in [3.8, 4) is 0 Å². The fourth-order valence-electron chi connectivity index (χ4n) is 1.17. The fourth-order valence-corrected chi connectivity index (χ4v) is 1.48. The number of aryl methyl sites for hydroxylation is 2. The van der Waals surface area contributed by atoms with Gasteiger partial charge in [-0.05, 0) is 31.1 Å². The molecule has 1 aromatic carbocycles. The monoisotopic (exact) mass is 214 g/mol. The normalized spacial score (nSPS) is 12.2. The van der Waals surface area contributed by atoms with Crippen LogP contribution in [0.15, 0.2) is 23.6 Å². The summed E-state index contributed by atoms with van der Waals surface area (Å²) in [6.07, 6.45) is 1.25. The van der Waals surface area contributed by atoms with Gasteiger partial charge in [0.25, 0.3) is 0 Å². The zero-order valence-corrected chi connectivity index (χ0v) is 8.81. The van der Waals surface area contributed by atoms with Crippen LogP contribution in [0.2, 0.25) is 0 Å². The molecule has 1 aromatic rings. The van der Waals surface area contributed by atoms with Gasteiger partial charge < -0.3 is 0 Å². The highest BCUT2D eigenvalue weighted by Gasteiger charge is 2.00. The molecule has 0 atom stereocenters. The lowest BCUT2D eigenvalue weighted by Gasteiger charge is -2.00. The van der Waals surface area contributed by atoms with E-state index in [0.29, 0.717) is 11.0 Å². The Kier molecular flexibility index (Phi) is 3.06. The molecular formula is C10H11FO2S. The van der Waals surface area contributed by atoms with Gasteiger partial charge in [0.05, 0.1) is 5.41 Å². The molecule has 0 aliphatic carbocycles. The summed E-state index contributed by atoms with van der Waals surface area (Å²) >= 11 is 0. The first kappa shape index (κ1) is 10.9. The minimum absolute atomic E-state index is 0.560. The zero-order valence-electron chi connectivity index (χ0n) is 7.99. The molecule has 4 heteroatoms. The summed E-state index contributed by atoms with van der Waals surface area (Å²) in [6.45, 7) is 3.78. The third-order valence-corrected chi connectivity index (χ3v) is 2.30. The molecule has 0 bridgehead atoms. The maximum absolute atomic E-state index is 12.2. The Bertz CT molecular complexity index is 461. The van der Waals surface area contributed by atoms with Gasteiger partial charge in [0.2, 0.25) is 0 Å². The first-order valence-corrected chi connectivity index (χ1v) is 5.53. The highest BCUT2D eigenvalue weighted by atomic mass is 32.3. The van der Waals surface area contributed by atoms with Crippen LogP contribution in [0.3, 0.4) is 0 Å². The fraction of sp³-hybridized carbons (Fsp3) is 0.200. The Balaban J connectivity index is 3.05. The summed E-state index contributed by atoms with van der Waals surface area (Å²) in [4.78, 5) is 0. The molecule has 0 amide bonds. The van der Waals surface area contributed by atoms with Crippen molar-refractivity contribution in [2.45, 2.75) is 13.8 Å². The van der Waals surface area contributed by atoms with E-state index in [1.165, 1.54) is 6.08 Å². The average molecular weight is 214 g/mol. The van der Waals surface area contributed by atoms with Gasteiger partial charge in [-0.3, -0.25) is 0 Å². The molecule has 0 radical (unpaired) electrons. The molecular weight excluding hydrogens is 203 g/mol. The van der Waals surface area contributed by atoms with E-state index < -0.39 is 10.2 Å². The van der Waals surface area contributed by atoms with Crippen LogP contribution in [-0.2, 0) is 10.2 Å². The molecule has 0 N–H and O–H groups in total. The summed E-state index contributed by atoms with van der Waals surface area (Å²) in [5, 5.41) is 0.560. The van der Waals surface area contributed by atoms with Crippen LogP contribution in [0.4, 0.5) is 3.89 Å². The maximum atomic E-state index is 12.2. The molecule has 0 aliphatic rings. The van der Waals surface area contributed by atoms with Gasteiger partial charge in [0.15, 0.2) is 0 Å². The number of hydrogen-bond acceptors (Lipinski definition) is 2. The van der Waals surface area contributed by atoms with Gasteiger partial charge in [-0.1, -0.05) is 23.8 Å². The molecule has 0 fully saturated rings. The number of halogens is 1. The molecule has 76 valence electrons. The van der Waals surface area contributed by atoms with E-state index in [1.807, 2.05) is 26.0 Å². The third-order valence-electron chi connectivity index (χ3n) is 1.84. The maximum Gasteiger partial charge on any atom is 0.325 e. The average Bonchev–Trinajstić information content (AvgIpc) is 2.00. The van der Waals surface area contributed by atoms with Crippen LogP contribution in [0.5, 0.6) is 0 Å². The van der Waals surface area contributed by atoms with E-state index in [9.17, 15) is 12.3 Å². The van der Waals surface area contributed by atoms with E-state index in [4.69, 9.17) is 0 Å². The molecule has 0 spiro atoms. The molecule has 0 heterocycles. The topological polar surface area (TPSA) is 34.1 Å². The summed E-state index contributed by atoms with van der Waals surface area (Å²) in [6, 6.07) is 5.51. The zero-order chi connectivity index (χ0) is 10.8. The van der Waals surface area contributed by atoms with E-state index in [1.54, 1.807) is 6.07 Å². The number of hydrogen-bond donors (Lipinski definition) is 0. The third kappa shape index (κ3) is 3.30. The highest BCUT2D eigenvalue weighted by molar-refractivity contribution is 7.89. The lowest BCUT2D eigenvalue weighted by Crippen LogP contribution is -1.85. The Morgan fingerprint density at radius 3 is 2.43 bits per heavy atom. The van der Waals surface area contributed by atoms with Crippen LogP contribution < -0.4 is 0 Å². The second-order valence-corrected chi connectivity index (χ2v) is 4.36. The van der Waals surface area contributed by atoms with Crippen molar-refractivity contribution in [2.75, 3.05) is 0 Å².